The second-order valence-electron chi connectivity index (χ2n) is 5.01. The second-order valence-corrected chi connectivity index (χ2v) is 5.01. The Hall–Kier alpha value is -0.570. The maximum Gasteiger partial charge on any atom is 0.121 e. The summed E-state index contributed by atoms with van der Waals surface area (Å²) in [5.41, 5.74) is 2.68. The standard InChI is InChI=1S/C10H18N2O/c1-6-4-7-8(10(7,2)3)5-9(11-6)12-13/h6-8,13H,4-5H2,1-3H3,(H,11,12)/t6-,7-,8+/m0/s1. The van der Waals surface area contributed by atoms with Crippen LogP contribution in [0.3, 0.4) is 0 Å². The third kappa shape index (κ3) is 1.35. The van der Waals surface area contributed by atoms with Crippen LogP contribution in [0.1, 0.15) is 33.6 Å². The molecule has 0 bridgehead atoms. The largest absolute Gasteiger partial charge is 0.290 e. The van der Waals surface area contributed by atoms with Gasteiger partial charge >= 0.3 is 0 Å². The smallest absolute Gasteiger partial charge is 0.121 e. The summed E-state index contributed by atoms with van der Waals surface area (Å²) in [5, 5.41) is 8.86. The topological polar surface area (TPSA) is 44.6 Å². The molecule has 1 aliphatic heterocycles. The lowest BCUT2D eigenvalue weighted by molar-refractivity contribution is 0.230. The molecule has 1 saturated carbocycles. The number of hydroxylamine groups is 1. The predicted molar refractivity (Wildman–Crippen MR) is 51.8 cm³/mol. The summed E-state index contributed by atoms with van der Waals surface area (Å²) in [7, 11) is 0. The van der Waals surface area contributed by atoms with Gasteiger partial charge in [0.1, 0.15) is 5.84 Å². The van der Waals surface area contributed by atoms with E-state index in [1.54, 1.807) is 0 Å². The molecule has 0 aromatic heterocycles. The molecule has 74 valence electrons. The minimum absolute atomic E-state index is 0.353. The first-order valence-corrected chi connectivity index (χ1v) is 5.02. The summed E-state index contributed by atoms with van der Waals surface area (Å²) in [4.78, 5) is 4.40. The summed E-state index contributed by atoms with van der Waals surface area (Å²) in [6, 6.07) is 0.353. The summed E-state index contributed by atoms with van der Waals surface area (Å²) < 4.78 is 0. The lowest BCUT2D eigenvalue weighted by atomic mass is 10.0. The maximum atomic E-state index is 8.86. The molecule has 2 rings (SSSR count). The van der Waals surface area contributed by atoms with E-state index >= 15 is 0 Å². The van der Waals surface area contributed by atoms with E-state index in [1.165, 1.54) is 6.42 Å². The zero-order valence-electron chi connectivity index (χ0n) is 8.54. The number of fused-ring (bicyclic) bond motifs is 1. The average Bonchev–Trinajstić information content (AvgIpc) is 2.61. The molecule has 0 amide bonds. The number of aliphatic imine (C=N–C) groups is 1. The first-order valence-electron chi connectivity index (χ1n) is 5.02. The average molecular weight is 182 g/mol. The number of nitrogens with one attached hydrogen (secondary N) is 1. The van der Waals surface area contributed by atoms with Crippen molar-refractivity contribution in [1.82, 2.24) is 5.48 Å². The highest BCUT2D eigenvalue weighted by atomic mass is 16.5. The van der Waals surface area contributed by atoms with Gasteiger partial charge in [-0.25, -0.2) is 0 Å². The van der Waals surface area contributed by atoms with Crippen molar-refractivity contribution < 1.29 is 5.21 Å². The van der Waals surface area contributed by atoms with Gasteiger partial charge in [0.25, 0.3) is 0 Å². The molecule has 2 aliphatic rings. The van der Waals surface area contributed by atoms with Gasteiger partial charge in [-0.15, -0.1) is 0 Å². The van der Waals surface area contributed by atoms with Gasteiger partial charge in [-0.2, -0.15) is 0 Å². The summed E-state index contributed by atoms with van der Waals surface area (Å²) in [6.07, 6.45) is 2.08. The Kier molecular flexibility index (Phi) is 1.88. The number of nitrogens with zero attached hydrogens (tertiary/aromatic N) is 1. The van der Waals surface area contributed by atoms with Gasteiger partial charge in [-0.3, -0.25) is 15.7 Å². The zero-order chi connectivity index (χ0) is 9.64. The van der Waals surface area contributed by atoms with Crippen LogP contribution < -0.4 is 5.48 Å². The lowest BCUT2D eigenvalue weighted by Gasteiger charge is -2.10. The Bertz CT molecular complexity index is 247. The normalized spacial score (nSPS) is 41.5. The molecule has 0 spiro atoms. The molecular weight excluding hydrogens is 164 g/mol. The molecule has 0 aromatic rings. The molecule has 0 radical (unpaired) electrons. The van der Waals surface area contributed by atoms with Gasteiger partial charge in [0.05, 0.1) is 0 Å². The van der Waals surface area contributed by atoms with Crippen molar-refractivity contribution in [3.63, 3.8) is 0 Å². The van der Waals surface area contributed by atoms with E-state index < -0.39 is 0 Å². The summed E-state index contributed by atoms with van der Waals surface area (Å²) >= 11 is 0. The third-order valence-electron chi connectivity index (χ3n) is 3.80. The molecule has 13 heavy (non-hydrogen) atoms. The van der Waals surface area contributed by atoms with Gasteiger partial charge in [0, 0.05) is 12.5 Å². The van der Waals surface area contributed by atoms with E-state index in [-0.39, 0.29) is 0 Å². The van der Waals surface area contributed by atoms with Crippen LogP contribution in [0.4, 0.5) is 0 Å². The van der Waals surface area contributed by atoms with E-state index in [2.05, 4.69) is 31.2 Å². The van der Waals surface area contributed by atoms with E-state index in [0.29, 0.717) is 11.5 Å². The number of rotatable bonds is 0. The Morgan fingerprint density at radius 1 is 1.46 bits per heavy atom. The predicted octanol–water partition coefficient (Wildman–Crippen LogP) is 1.82. The quantitative estimate of drug-likeness (QED) is 0.561. The lowest BCUT2D eigenvalue weighted by Crippen LogP contribution is -2.21. The van der Waals surface area contributed by atoms with E-state index in [1.807, 2.05) is 0 Å². The van der Waals surface area contributed by atoms with Gasteiger partial charge in [-0.1, -0.05) is 13.8 Å². The van der Waals surface area contributed by atoms with Crippen LogP contribution in [0.2, 0.25) is 0 Å². The van der Waals surface area contributed by atoms with Crippen molar-refractivity contribution in [2.45, 2.75) is 39.7 Å². The summed E-state index contributed by atoms with van der Waals surface area (Å²) in [5.74, 6) is 2.29. The molecule has 1 heterocycles. The van der Waals surface area contributed by atoms with Crippen LogP contribution in [0.15, 0.2) is 4.99 Å². The molecule has 3 atom stereocenters. The number of amidine groups is 1. The molecule has 0 saturated heterocycles. The van der Waals surface area contributed by atoms with Crippen LogP contribution >= 0.6 is 0 Å². The van der Waals surface area contributed by atoms with E-state index in [4.69, 9.17) is 5.21 Å². The maximum absolute atomic E-state index is 8.86. The fourth-order valence-corrected chi connectivity index (χ4v) is 2.75. The number of hydrogen-bond acceptors (Lipinski definition) is 3. The van der Waals surface area contributed by atoms with Crippen molar-refractivity contribution in [3.05, 3.63) is 0 Å². The summed E-state index contributed by atoms with van der Waals surface area (Å²) in [6.45, 7) is 6.75. The monoisotopic (exact) mass is 182 g/mol. The Balaban J connectivity index is 2.13. The fraction of sp³-hybridized carbons (Fsp3) is 0.900. The second kappa shape index (κ2) is 2.71. The van der Waals surface area contributed by atoms with Crippen LogP contribution in [0, 0.1) is 17.3 Å². The molecule has 1 aliphatic carbocycles. The Labute approximate surface area is 79.2 Å². The molecule has 1 fully saturated rings. The molecule has 3 nitrogen and oxygen atoms in total. The van der Waals surface area contributed by atoms with Crippen LogP contribution in [0.5, 0.6) is 0 Å². The fourth-order valence-electron chi connectivity index (χ4n) is 2.75. The van der Waals surface area contributed by atoms with Crippen LogP contribution in [-0.2, 0) is 0 Å². The molecule has 0 aromatic carbocycles. The molecule has 2 N–H and O–H groups in total. The van der Waals surface area contributed by atoms with Gasteiger partial charge < -0.3 is 0 Å². The van der Waals surface area contributed by atoms with Crippen LogP contribution in [-0.4, -0.2) is 17.1 Å². The third-order valence-corrected chi connectivity index (χ3v) is 3.80. The van der Waals surface area contributed by atoms with E-state index in [0.717, 1.165) is 24.1 Å². The minimum Gasteiger partial charge on any atom is -0.290 e. The SMILES string of the molecule is C[C@H]1C[C@H]2[C@@H](CC(NO)=N1)C2(C)C. The minimum atomic E-state index is 0.353. The first-order chi connectivity index (χ1) is 6.05. The highest BCUT2D eigenvalue weighted by molar-refractivity contribution is 5.82. The highest BCUT2D eigenvalue weighted by Gasteiger charge is 2.58. The van der Waals surface area contributed by atoms with Crippen molar-refractivity contribution in [2.75, 3.05) is 0 Å². The Morgan fingerprint density at radius 2 is 2.15 bits per heavy atom. The Morgan fingerprint density at radius 3 is 2.77 bits per heavy atom. The van der Waals surface area contributed by atoms with Crippen molar-refractivity contribution in [1.29, 1.82) is 0 Å². The molecule has 0 unspecified atom stereocenters. The van der Waals surface area contributed by atoms with Gasteiger partial charge in [-0.05, 0) is 30.6 Å². The van der Waals surface area contributed by atoms with Gasteiger partial charge in [0.15, 0.2) is 0 Å². The first kappa shape index (κ1) is 9.00. The highest BCUT2D eigenvalue weighted by Crippen LogP contribution is 2.62. The zero-order valence-corrected chi connectivity index (χ0v) is 8.54. The van der Waals surface area contributed by atoms with Crippen molar-refractivity contribution in [2.24, 2.45) is 22.2 Å². The number of hydrogen-bond donors (Lipinski definition) is 2. The van der Waals surface area contributed by atoms with Crippen LogP contribution in [0.25, 0.3) is 0 Å². The van der Waals surface area contributed by atoms with Crippen molar-refractivity contribution in [3.8, 4) is 0 Å². The molecule has 3 heteroatoms. The molecular formula is C10H18N2O. The van der Waals surface area contributed by atoms with E-state index in [9.17, 15) is 0 Å². The van der Waals surface area contributed by atoms with Gasteiger partial charge in [0.2, 0.25) is 0 Å². The van der Waals surface area contributed by atoms with Crippen molar-refractivity contribution >= 4 is 5.84 Å².